The van der Waals surface area contributed by atoms with Crippen molar-refractivity contribution in [2.45, 2.75) is 44.7 Å². The summed E-state index contributed by atoms with van der Waals surface area (Å²) in [7, 11) is 4.12. The zero-order chi connectivity index (χ0) is 21.2. The van der Waals surface area contributed by atoms with E-state index in [4.69, 9.17) is 0 Å². The van der Waals surface area contributed by atoms with Crippen LogP contribution in [0.3, 0.4) is 0 Å². The Bertz CT molecular complexity index is 632. The molecule has 2 fully saturated rings. The molecule has 0 aromatic heterocycles. The molecule has 0 bridgehead atoms. The maximum atomic E-state index is 4.45. The molecule has 2 N–H and O–H groups in total. The first-order chi connectivity index (χ1) is 14.7. The molecule has 1 aromatic rings. The summed E-state index contributed by atoms with van der Waals surface area (Å²) in [6, 6.07) is 12.0. The van der Waals surface area contributed by atoms with E-state index in [9.17, 15) is 0 Å². The topological polar surface area (TPSA) is 46.1 Å². The number of guanidine groups is 1. The van der Waals surface area contributed by atoms with Crippen molar-refractivity contribution >= 4 is 29.9 Å². The van der Waals surface area contributed by atoms with Gasteiger partial charge in [-0.05, 0) is 44.8 Å². The highest BCUT2D eigenvalue weighted by Crippen LogP contribution is 2.24. The molecule has 0 amide bonds. The highest BCUT2D eigenvalue weighted by Gasteiger charge is 2.26. The number of halogens is 1. The minimum absolute atomic E-state index is 0. The highest BCUT2D eigenvalue weighted by molar-refractivity contribution is 14.0. The number of rotatable bonds is 8. The zero-order valence-corrected chi connectivity index (χ0v) is 22.1. The number of hydrogen-bond acceptors (Lipinski definition) is 4. The number of likely N-dealkylation sites (N-methyl/N-ethyl adjacent to an activating group) is 1. The molecule has 1 aromatic carbocycles. The summed E-state index contributed by atoms with van der Waals surface area (Å²) in [6.07, 6.45) is 4.80. The van der Waals surface area contributed by atoms with E-state index in [1.54, 1.807) is 0 Å². The standard InChI is InChI=1S/C24H42N6.HI/c1-4-14-29-16-11-22(12-17-29)27-24(25-2)26-13-8-15-30-19-18-28(3)20-23(30)21-9-6-5-7-10-21;/h5-7,9-10,22-23H,4,8,11-20H2,1-3H3,(H2,25,26,27);1H. The average molecular weight is 543 g/mol. The van der Waals surface area contributed by atoms with Crippen molar-refractivity contribution in [2.24, 2.45) is 4.99 Å². The fourth-order valence-corrected chi connectivity index (χ4v) is 4.71. The monoisotopic (exact) mass is 542 g/mol. The average Bonchev–Trinajstić information content (AvgIpc) is 2.78. The van der Waals surface area contributed by atoms with Crippen LogP contribution in [-0.4, -0.2) is 93.2 Å². The van der Waals surface area contributed by atoms with E-state index < -0.39 is 0 Å². The molecular weight excluding hydrogens is 499 g/mol. The second-order valence-corrected chi connectivity index (χ2v) is 8.84. The second kappa shape index (κ2) is 14.3. The molecule has 2 saturated heterocycles. The third-order valence-corrected chi connectivity index (χ3v) is 6.49. The Labute approximate surface area is 206 Å². The van der Waals surface area contributed by atoms with Crippen LogP contribution in [0, 0.1) is 0 Å². The molecule has 176 valence electrons. The molecule has 2 aliphatic rings. The third-order valence-electron chi connectivity index (χ3n) is 6.49. The number of piperazine rings is 1. The van der Waals surface area contributed by atoms with Crippen molar-refractivity contribution in [1.29, 1.82) is 0 Å². The van der Waals surface area contributed by atoms with Gasteiger partial charge in [-0.25, -0.2) is 0 Å². The maximum absolute atomic E-state index is 4.45. The quantitative estimate of drug-likeness (QED) is 0.229. The Kier molecular flexibility index (Phi) is 12.1. The molecule has 1 unspecified atom stereocenters. The van der Waals surface area contributed by atoms with Crippen LogP contribution in [0.25, 0.3) is 0 Å². The van der Waals surface area contributed by atoms with Gasteiger partial charge in [0, 0.05) is 64.9 Å². The van der Waals surface area contributed by atoms with Crippen molar-refractivity contribution in [3.05, 3.63) is 35.9 Å². The molecule has 2 aliphatic heterocycles. The van der Waals surface area contributed by atoms with Crippen LogP contribution in [-0.2, 0) is 0 Å². The van der Waals surface area contributed by atoms with Crippen LogP contribution in [0.5, 0.6) is 0 Å². The summed E-state index contributed by atoms with van der Waals surface area (Å²) in [4.78, 5) is 12.1. The lowest BCUT2D eigenvalue weighted by Gasteiger charge is -2.40. The van der Waals surface area contributed by atoms with Crippen molar-refractivity contribution in [3.63, 3.8) is 0 Å². The lowest BCUT2D eigenvalue weighted by atomic mass is 10.0. The number of nitrogens with zero attached hydrogens (tertiary/aromatic N) is 4. The first kappa shape index (κ1) is 26.4. The van der Waals surface area contributed by atoms with Crippen molar-refractivity contribution in [1.82, 2.24) is 25.3 Å². The molecule has 1 atom stereocenters. The van der Waals surface area contributed by atoms with E-state index in [-0.39, 0.29) is 24.0 Å². The maximum Gasteiger partial charge on any atom is 0.191 e. The van der Waals surface area contributed by atoms with Crippen LogP contribution in [0.1, 0.15) is 44.2 Å². The van der Waals surface area contributed by atoms with Crippen molar-refractivity contribution < 1.29 is 0 Å². The lowest BCUT2D eigenvalue weighted by molar-refractivity contribution is 0.0891. The zero-order valence-electron chi connectivity index (χ0n) is 19.7. The first-order valence-electron chi connectivity index (χ1n) is 11.9. The Hall–Kier alpha value is -0.900. The molecule has 3 rings (SSSR count). The van der Waals surface area contributed by atoms with E-state index in [0.717, 1.165) is 45.1 Å². The Morgan fingerprint density at radius 3 is 2.48 bits per heavy atom. The normalized spacial score (nSPS) is 22.2. The Balaban J connectivity index is 0.00000341. The largest absolute Gasteiger partial charge is 0.356 e. The van der Waals surface area contributed by atoms with E-state index in [1.807, 2.05) is 7.05 Å². The van der Waals surface area contributed by atoms with Crippen LogP contribution in [0.4, 0.5) is 0 Å². The van der Waals surface area contributed by atoms with Gasteiger partial charge in [-0.2, -0.15) is 0 Å². The van der Waals surface area contributed by atoms with Gasteiger partial charge in [0.1, 0.15) is 0 Å². The molecule has 0 radical (unpaired) electrons. The number of likely N-dealkylation sites (tertiary alicyclic amines) is 1. The van der Waals surface area contributed by atoms with Crippen molar-refractivity contribution in [3.8, 4) is 0 Å². The van der Waals surface area contributed by atoms with Crippen LogP contribution >= 0.6 is 24.0 Å². The van der Waals surface area contributed by atoms with Gasteiger partial charge in [0.2, 0.25) is 0 Å². The Morgan fingerprint density at radius 2 is 1.81 bits per heavy atom. The molecule has 31 heavy (non-hydrogen) atoms. The SMILES string of the molecule is CCCN1CCC(NC(=NC)NCCCN2CCN(C)CC2c2ccccc2)CC1.I. The summed E-state index contributed by atoms with van der Waals surface area (Å²) >= 11 is 0. The highest BCUT2D eigenvalue weighted by atomic mass is 127. The van der Waals surface area contributed by atoms with Crippen molar-refractivity contribution in [2.75, 3.05) is 66.5 Å². The van der Waals surface area contributed by atoms with E-state index in [0.29, 0.717) is 12.1 Å². The van der Waals surface area contributed by atoms with Gasteiger partial charge >= 0.3 is 0 Å². The summed E-state index contributed by atoms with van der Waals surface area (Å²) < 4.78 is 0. The molecule has 0 saturated carbocycles. The third kappa shape index (κ3) is 8.51. The molecule has 2 heterocycles. The predicted molar refractivity (Wildman–Crippen MR) is 143 cm³/mol. The minimum Gasteiger partial charge on any atom is -0.356 e. The van der Waals surface area contributed by atoms with E-state index in [2.05, 4.69) is 74.6 Å². The molecular formula is C24H43IN6. The van der Waals surface area contributed by atoms with Gasteiger partial charge in [-0.15, -0.1) is 24.0 Å². The van der Waals surface area contributed by atoms with Gasteiger partial charge in [0.05, 0.1) is 0 Å². The minimum atomic E-state index is 0. The lowest BCUT2D eigenvalue weighted by Crippen LogP contribution is -2.49. The van der Waals surface area contributed by atoms with Gasteiger partial charge in [-0.3, -0.25) is 9.89 Å². The first-order valence-corrected chi connectivity index (χ1v) is 11.9. The second-order valence-electron chi connectivity index (χ2n) is 8.84. The fraction of sp³-hybridized carbons (Fsp3) is 0.708. The smallest absolute Gasteiger partial charge is 0.191 e. The van der Waals surface area contributed by atoms with Crippen LogP contribution < -0.4 is 10.6 Å². The fourth-order valence-electron chi connectivity index (χ4n) is 4.71. The number of benzene rings is 1. The molecule has 7 heteroatoms. The van der Waals surface area contributed by atoms with Crippen LogP contribution in [0.15, 0.2) is 35.3 Å². The predicted octanol–water partition coefficient (Wildman–Crippen LogP) is 3.02. The van der Waals surface area contributed by atoms with Crippen LogP contribution in [0.2, 0.25) is 0 Å². The summed E-state index contributed by atoms with van der Waals surface area (Å²) in [5.41, 5.74) is 1.43. The number of aliphatic imine (C=N–C) groups is 1. The van der Waals surface area contributed by atoms with Gasteiger partial charge in [0.25, 0.3) is 0 Å². The molecule has 6 nitrogen and oxygen atoms in total. The molecule has 0 aliphatic carbocycles. The Morgan fingerprint density at radius 1 is 1.06 bits per heavy atom. The summed E-state index contributed by atoms with van der Waals surface area (Å²) in [6.45, 7) is 11.4. The van der Waals surface area contributed by atoms with E-state index >= 15 is 0 Å². The van der Waals surface area contributed by atoms with Gasteiger partial charge < -0.3 is 20.4 Å². The summed E-state index contributed by atoms with van der Waals surface area (Å²) in [5.74, 6) is 0.960. The number of piperidine rings is 1. The summed E-state index contributed by atoms with van der Waals surface area (Å²) in [5, 5.41) is 7.18. The number of nitrogens with one attached hydrogen (secondary N) is 2. The van der Waals surface area contributed by atoms with E-state index in [1.165, 1.54) is 44.5 Å². The number of hydrogen-bond donors (Lipinski definition) is 2. The molecule has 0 spiro atoms. The van der Waals surface area contributed by atoms with Gasteiger partial charge in [0.15, 0.2) is 5.96 Å². The van der Waals surface area contributed by atoms with Gasteiger partial charge in [-0.1, -0.05) is 37.3 Å².